The number of allylic oxidation sites excluding steroid dienone is 1. The van der Waals surface area contributed by atoms with Crippen molar-refractivity contribution in [2.75, 3.05) is 7.11 Å². The highest BCUT2D eigenvalue weighted by Gasteiger charge is 2.17. The maximum atomic E-state index is 12.8. The summed E-state index contributed by atoms with van der Waals surface area (Å²) in [6.45, 7) is 4.02. The summed E-state index contributed by atoms with van der Waals surface area (Å²) in [5.41, 5.74) is 1.01. The number of methoxy groups -OCH3 is 1. The number of carbonyl (C=O) groups excluding carboxylic acids is 1. The number of nitrogens with zero attached hydrogens (tertiary/aromatic N) is 2. The number of fused-ring (bicyclic) bond motifs is 1. The molecule has 0 bridgehead atoms. The molecule has 0 radical (unpaired) electrons. The number of rotatable bonds is 6. The number of thioether (sulfide) groups is 1. The fraction of sp³-hybridized carbons (Fsp3) is 0.167. The van der Waals surface area contributed by atoms with Crippen molar-refractivity contribution in [2.45, 2.75) is 17.5 Å². The van der Waals surface area contributed by atoms with Crippen LogP contribution in [0.15, 0.2) is 57.6 Å². The van der Waals surface area contributed by atoms with Crippen LogP contribution in [0.25, 0.3) is 10.9 Å². The third-order valence-corrected chi connectivity index (χ3v) is 4.93. The van der Waals surface area contributed by atoms with Gasteiger partial charge in [0.05, 0.1) is 24.3 Å². The van der Waals surface area contributed by atoms with Crippen LogP contribution in [-0.4, -0.2) is 22.6 Å². The fourth-order valence-electron chi connectivity index (χ4n) is 2.44. The predicted molar refractivity (Wildman–Crippen MR) is 101 cm³/mol. The SMILES string of the molecule is C=CCn1c(SCc2ccoc2C(=O)OC)nc2cc(Cl)ccc2c1=O. The number of esters is 1. The Hall–Kier alpha value is -2.51. The highest BCUT2D eigenvalue weighted by molar-refractivity contribution is 7.98. The molecular formula is C18H15ClN2O4S. The first-order valence-corrected chi connectivity index (χ1v) is 9.00. The molecule has 3 rings (SSSR count). The maximum absolute atomic E-state index is 12.8. The molecule has 3 aromatic rings. The van der Waals surface area contributed by atoms with E-state index in [1.165, 1.54) is 29.7 Å². The van der Waals surface area contributed by atoms with Crippen LogP contribution >= 0.6 is 23.4 Å². The van der Waals surface area contributed by atoms with Gasteiger partial charge in [-0.15, -0.1) is 6.58 Å². The highest BCUT2D eigenvalue weighted by atomic mass is 35.5. The van der Waals surface area contributed by atoms with Gasteiger partial charge in [-0.2, -0.15) is 0 Å². The highest BCUT2D eigenvalue weighted by Crippen LogP contribution is 2.25. The number of furan rings is 1. The smallest absolute Gasteiger partial charge is 0.374 e. The first-order valence-electron chi connectivity index (χ1n) is 7.63. The Kier molecular flexibility index (Phi) is 5.49. The van der Waals surface area contributed by atoms with Gasteiger partial charge in [0.1, 0.15) is 0 Å². The summed E-state index contributed by atoms with van der Waals surface area (Å²) in [6, 6.07) is 6.66. The summed E-state index contributed by atoms with van der Waals surface area (Å²) < 4.78 is 11.4. The number of aromatic nitrogens is 2. The molecule has 6 nitrogen and oxygen atoms in total. The van der Waals surface area contributed by atoms with Crippen LogP contribution in [0, 0.1) is 0 Å². The van der Waals surface area contributed by atoms with Gasteiger partial charge in [0.25, 0.3) is 5.56 Å². The van der Waals surface area contributed by atoms with Crippen molar-refractivity contribution >= 4 is 40.2 Å². The molecule has 2 aromatic heterocycles. The summed E-state index contributed by atoms with van der Waals surface area (Å²) in [7, 11) is 1.29. The second kappa shape index (κ2) is 7.80. The summed E-state index contributed by atoms with van der Waals surface area (Å²) in [4.78, 5) is 29.0. The largest absolute Gasteiger partial charge is 0.463 e. The van der Waals surface area contributed by atoms with E-state index >= 15 is 0 Å². The minimum Gasteiger partial charge on any atom is -0.463 e. The average Bonchev–Trinajstić information content (AvgIpc) is 3.10. The summed E-state index contributed by atoms with van der Waals surface area (Å²) in [5.74, 6) is -0.0230. The Bertz CT molecular complexity index is 1040. The van der Waals surface area contributed by atoms with Crippen molar-refractivity contribution in [2.24, 2.45) is 0 Å². The van der Waals surface area contributed by atoms with Crippen LogP contribution in [0.2, 0.25) is 5.02 Å². The summed E-state index contributed by atoms with van der Waals surface area (Å²) in [6.07, 6.45) is 3.05. The van der Waals surface area contributed by atoms with Gasteiger partial charge in [0, 0.05) is 22.9 Å². The molecule has 134 valence electrons. The lowest BCUT2D eigenvalue weighted by Gasteiger charge is -2.11. The number of hydrogen-bond acceptors (Lipinski definition) is 6. The quantitative estimate of drug-likeness (QED) is 0.275. The first-order chi connectivity index (χ1) is 12.5. The van der Waals surface area contributed by atoms with Crippen molar-refractivity contribution in [3.8, 4) is 0 Å². The molecule has 0 aliphatic heterocycles. The normalized spacial score (nSPS) is 10.8. The van der Waals surface area contributed by atoms with Gasteiger partial charge in [-0.05, 0) is 24.3 Å². The molecule has 0 spiro atoms. The monoisotopic (exact) mass is 390 g/mol. The number of hydrogen-bond donors (Lipinski definition) is 0. The van der Waals surface area contributed by atoms with Gasteiger partial charge in [0.2, 0.25) is 5.76 Å². The second-order valence-corrected chi connectivity index (χ2v) is 6.69. The first kappa shape index (κ1) is 18.3. The minimum atomic E-state index is -0.549. The van der Waals surface area contributed by atoms with Gasteiger partial charge in [0.15, 0.2) is 5.16 Å². The zero-order chi connectivity index (χ0) is 18.7. The van der Waals surface area contributed by atoms with Gasteiger partial charge in [-0.25, -0.2) is 9.78 Å². The van der Waals surface area contributed by atoms with E-state index in [0.717, 1.165) is 0 Å². The summed E-state index contributed by atoms with van der Waals surface area (Å²) >= 11 is 7.33. The second-order valence-electron chi connectivity index (χ2n) is 5.32. The van der Waals surface area contributed by atoms with Crippen LogP contribution < -0.4 is 5.56 Å². The Morgan fingerprint density at radius 3 is 3.00 bits per heavy atom. The van der Waals surface area contributed by atoms with E-state index in [1.54, 1.807) is 30.3 Å². The van der Waals surface area contributed by atoms with Crippen LogP contribution in [0.4, 0.5) is 0 Å². The molecule has 0 saturated heterocycles. The van der Waals surface area contributed by atoms with Crippen LogP contribution in [0.3, 0.4) is 0 Å². The van der Waals surface area contributed by atoms with Gasteiger partial charge < -0.3 is 9.15 Å². The van der Waals surface area contributed by atoms with Crippen LogP contribution in [-0.2, 0) is 17.0 Å². The van der Waals surface area contributed by atoms with E-state index in [9.17, 15) is 9.59 Å². The van der Waals surface area contributed by atoms with E-state index in [2.05, 4.69) is 11.6 Å². The van der Waals surface area contributed by atoms with E-state index in [4.69, 9.17) is 20.8 Å². The molecular weight excluding hydrogens is 376 g/mol. The number of carbonyl (C=O) groups is 1. The molecule has 0 N–H and O–H groups in total. The van der Waals surface area contributed by atoms with Gasteiger partial charge in [-0.1, -0.05) is 29.4 Å². The lowest BCUT2D eigenvalue weighted by Crippen LogP contribution is -2.22. The maximum Gasteiger partial charge on any atom is 0.374 e. The van der Waals surface area contributed by atoms with Crippen molar-refractivity contribution in [1.29, 1.82) is 0 Å². The van der Waals surface area contributed by atoms with Crippen molar-refractivity contribution in [3.05, 3.63) is 69.9 Å². The Morgan fingerprint density at radius 2 is 2.27 bits per heavy atom. The van der Waals surface area contributed by atoms with Crippen molar-refractivity contribution in [1.82, 2.24) is 9.55 Å². The van der Waals surface area contributed by atoms with Crippen molar-refractivity contribution in [3.63, 3.8) is 0 Å². The molecule has 0 atom stereocenters. The Labute approximate surface area is 158 Å². The third-order valence-electron chi connectivity index (χ3n) is 3.67. The van der Waals surface area contributed by atoms with E-state index < -0.39 is 5.97 Å². The Balaban J connectivity index is 2.00. The zero-order valence-corrected chi connectivity index (χ0v) is 15.5. The molecule has 0 fully saturated rings. The molecule has 0 amide bonds. The minimum absolute atomic E-state index is 0.140. The molecule has 26 heavy (non-hydrogen) atoms. The molecule has 8 heteroatoms. The number of halogens is 1. The van der Waals surface area contributed by atoms with E-state index in [1.807, 2.05) is 0 Å². The van der Waals surface area contributed by atoms with Gasteiger partial charge in [-0.3, -0.25) is 9.36 Å². The molecule has 0 unspecified atom stereocenters. The lowest BCUT2D eigenvalue weighted by atomic mass is 10.2. The average molecular weight is 391 g/mol. The molecule has 1 aromatic carbocycles. The summed E-state index contributed by atoms with van der Waals surface area (Å²) in [5, 5.41) is 1.49. The standard InChI is InChI=1S/C18H15ClN2O4S/c1-3-7-21-16(22)13-5-4-12(19)9-14(13)20-18(21)26-10-11-6-8-25-15(11)17(23)24-2/h3-6,8-9H,1,7,10H2,2H3. The third kappa shape index (κ3) is 3.54. The number of ether oxygens (including phenoxy) is 1. The topological polar surface area (TPSA) is 74.3 Å². The van der Waals surface area contributed by atoms with Crippen molar-refractivity contribution < 1.29 is 13.9 Å². The molecule has 0 aliphatic carbocycles. The molecule has 0 saturated carbocycles. The van der Waals surface area contributed by atoms with Crippen LogP contribution in [0.5, 0.6) is 0 Å². The Morgan fingerprint density at radius 1 is 1.46 bits per heavy atom. The fourth-order valence-corrected chi connectivity index (χ4v) is 3.59. The van der Waals surface area contributed by atoms with Crippen LogP contribution in [0.1, 0.15) is 16.1 Å². The predicted octanol–water partition coefficient (Wildman–Crippen LogP) is 3.91. The zero-order valence-electron chi connectivity index (χ0n) is 13.9. The lowest BCUT2D eigenvalue weighted by molar-refractivity contribution is 0.0564. The van der Waals surface area contributed by atoms with Gasteiger partial charge >= 0.3 is 5.97 Å². The van der Waals surface area contributed by atoms with E-state index in [0.29, 0.717) is 38.9 Å². The molecule has 0 aliphatic rings. The van der Waals surface area contributed by atoms with E-state index in [-0.39, 0.29) is 11.3 Å². The molecule has 2 heterocycles. The number of benzene rings is 1.